The average molecular weight is 246 g/mol. The molecule has 1 atom stereocenters. The molecular formula is C13H14N2O3. The number of aliphatic carboxylic acids is 1. The molecule has 94 valence electrons. The van der Waals surface area contributed by atoms with Crippen LogP contribution in [0.5, 0.6) is 0 Å². The standard InChI is InChI=1S/C13H14N2O3/c1-8(13(17)18)14-11-7-15(9(2)16)12-6-4-3-5-10(11)12/h3-8,14H,1-2H3,(H,17,18)/t8-/m0/s1. The molecule has 1 heterocycles. The molecule has 0 radical (unpaired) electrons. The first-order valence-electron chi connectivity index (χ1n) is 5.61. The first-order valence-corrected chi connectivity index (χ1v) is 5.61. The predicted molar refractivity (Wildman–Crippen MR) is 69.0 cm³/mol. The second kappa shape index (κ2) is 4.52. The van der Waals surface area contributed by atoms with Gasteiger partial charge in [-0.2, -0.15) is 0 Å². The van der Waals surface area contributed by atoms with Crippen LogP contribution >= 0.6 is 0 Å². The zero-order valence-corrected chi connectivity index (χ0v) is 10.2. The fourth-order valence-corrected chi connectivity index (χ4v) is 1.85. The van der Waals surface area contributed by atoms with Gasteiger partial charge in [-0.25, -0.2) is 0 Å². The number of aromatic nitrogens is 1. The smallest absolute Gasteiger partial charge is 0.325 e. The predicted octanol–water partition coefficient (Wildman–Crippen LogP) is 2.19. The lowest BCUT2D eigenvalue weighted by atomic mass is 10.2. The van der Waals surface area contributed by atoms with Crippen molar-refractivity contribution in [2.75, 3.05) is 5.32 Å². The van der Waals surface area contributed by atoms with Crippen molar-refractivity contribution in [1.82, 2.24) is 4.57 Å². The molecule has 0 aliphatic heterocycles. The molecule has 0 unspecified atom stereocenters. The number of carbonyl (C=O) groups is 2. The average Bonchev–Trinajstić information content (AvgIpc) is 2.68. The van der Waals surface area contributed by atoms with Crippen molar-refractivity contribution in [3.63, 3.8) is 0 Å². The molecule has 0 saturated carbocycles. The highest BCUT2D eigenvalue weighted by Crippen LogP contribution is 2.26. The topological polar surface area (TPSA) is 71.3 Å². The summed E-state index contributed by atoms with van der Waals surface area (Å²) in [5.41, 5.74) is 1.42. The summed E-state index contributed by atoms with van der Waals surface area (Å²) in [6.07, 6.45) is 1.63. The lowest BCUT2D eigenvalue weighted by Gasteiger charge is -2.08. The molecule has 2 aromatic rings. The van der Waals surface area contributed by atoms with Gasteiger partial charge in [-0.1, -0.05) is 18.2 Å². The summed E-state index contributed by atoms with van der Waals surface area (Å²) in [4.78, 5) is 22.4. The first-order chi connectivity index (χ1) is 8.50. The van der Waals surface area contributed by atoms with Crippen LogP contribution in [0.3, 0.4) is 0 Å². The van der Waals surface area contributed by atoms with Crippen LogP contribution in [-0.4, -0.2) is 27.6 Å². The molecule has 5 nitrogen and oxygen atoms in total. The maximum absolute atomic E-state index is 11.5. The molecule has 0 spiro atoms. The number of benzene rings is 1. The minimum Gasteiger partial charge on any atom is -0.480 e. The largest absolute Gasteiger partial charge is 0.480 e. The van der Waals surface area contributed by atoms with Crippen molar-refractivity contribution in [2.24, 2.45) is 0 Å². The van der Waals surface area contributed by atoms with Gasteiger partial charge in [0.15, 0.2) is 0 Å². The number of para-hydroxylation sites is 1. The number of hydrogen-bond donors (Lipinski definition) is 2. The molecule has 0 fully saturated rings. The van der Waals surface area contributed by atoms with Gasteiger partial charge >= 0.3 is 5.97 Å². The summed E-state index contributed by atoms with van der Waals surface area (Å²) in [6, 6.07) is 6.66. The SMILES string of the molecule is CC(=O)n1cc(N[C@@H](C)C(=O)O)c2ccccc21. The van der Waals surface area contributed by atoms with Crippen LogP contribution < -0.4 is 5.32 Å². The summed E-state index contributed by atoms with van der Waals surface area (Å²) in [5.74, 6) is -1.04. The van der Waals surface area contributed by atoms with E-state index in [1.165, 1.54) is 11.5 Å². The van der Waals surface area contributed by atoms with Gasteiger partial charge in [-0.05, 0) is 13.0 Å². The van der Waals surface area contributed by atoms with Gasteiger partial charge in [0.25, 0.3) is 0 Å². The number of carboxylic acids is 1. The van der Waals surface area contributed by atoms with E-state index in [0.29, 0.717) is 5.69 Å². The van der Waals surface area contributed by atoms with E-state index in [0.717, 1.165) is 10.9 Å². The Morgan fingerprint density at radius 2 is 2.00 bits per heavy atom. The van der Waals surface area contributed by atoms with E-state index in [-0.39, 0.29) is 5.91 Å². The fraction of sp³-hybridized carbons (Fsp3) is 0.231. The van der Waals surface area contributed by atoms with Crippen LogP contribution in [0.4, 0.5) is 5.69 Å². The molecule has 5 heteroatoms. The summed E-state index contributed by atoms with van der Waals surface area (Å²) in [5, 5.41) is 12.6. The Bertz CT molecular complexity index is 616. The zero-order valence-electron chi connectivity index (χ0n) is 10.2. The lowest BCUT2D eigenvalue weighted by Crippen LogP contribution is -2.25. The van der Waals surface area contributed by atoms with Crippen LogP contribution in [0.25, 0.3) is 10.9 Å². The molecule has 0 saturated heterocycles. The van der Waals surface area contributed by atoms with Gasteiger partial charge in [0, 0.05) is 18.5 Å². The molecular weight excluding hydrogens is 232 g/mol. The Hall–Kier alpha value is -2.30. The number of nitrogens with one attached hydrogen (secondary N) is 1. The van der Waals surface area contributed by atoms with E-state index in [1.54, 1.807) is 13.1 Å². The summed E-state index contributed by atoms with van der Waals surface area (Å²) >= 11 is 0. The van der Waals surface area contributed by atoms with Gasteiger partial charge in [-0.15, -0.1) is 0 Å². The Kier molecular flexibility index (Phi) is 3.06. The molecule has 1 aromatic carbocycles. The van der Waals surface area contributed by atoms with Gasteiger partial charge in [-0.3, -0.25) is 14.2 Å². The van der Waals surface area contributed by atoms with Crippen molar-refractivity contribution in [1.29, 1.82) is 0 Å². The molecule has 0 aliphatic carbocycles. The van der Waals surface area contributed by atoms with E-state index in [9.17, 15) is 9.59 Å². The number of carbonyl (C=O) groups excluding carboxylic acids is 1. The third-order valence-corrected chi connectivity index (χ3v) is 2.79. The molecule has 0 bridgehead atoms. The highest BCUT2D eigenvalue weighted by atomic mass is 16.4. The van der Waals surface area contributed by atoms with Crippen LogP contribution in [0, 0.1) is 0 Å². The number of anilines is 1. The van der Waals surface area contributed by atoms with Gasteiger partial charge in [0.1, 0.15) is 6.04 Å². The maximum Gasteiger partial charge on any atom is 0.325 e. The molecule has 0 amide bonds. The normalized spacial score (nSPS) is 12.3. The Balaban J connectivity index is 2.51. The minimum absolute atomic E-state index is 0.109. The van der Waals surface area contributed by atoms with Crippen LogP contribution in [-0.2, 0) is 4.79 Å². The Labute approximate surface area is 104 Å². The molecule has 0 aliphatic rings. The van der Waals surface area contributed by atoms with Crippen LogP contribution in [0.1, 0.15) is 18.6 Å². The monoisotopic (exact) mass is 246 g/mol. The Morgan fingerprint density at radius 3 is 2.61 bits per heavy atom. The van der Waals surface area contributed by atoms with Crippen LogP contribution in [0.15, 0.2) is 30.5 Å². The quantitative estimate of drug-likeness (QED) is 0.870. The summed E-state index contributed by atoms with van der Waals surface area (Å²) in [7, 11) is 0. The maximum atomic E-state index is 11.5. The zero-order chi connectivity index (χ0) is 13.3. The fourth-order valence-electron chi connectivity index (χ4n) is 1.85. The van der Waals surface area contributed by atoms with Gasteiger partial charge in [0.05, 0.1) is 11.2 Å². The van der Waals surface area contributed by atoms with Crippen molar-refractivity contribution in [3.05, 3.63) is 30.5 Å². The summed E-state index contributed by atoms with van der Waals surface area (Å²) in [6.45, 7) is 3.03. The van der Waals surface area contributed by atoms with Crippen molar-refractivity contribution in [2.45, 2.75) is 19.9 Å². The van der Waals surface area contributed by atoms with E-state index in [4.69, 9.17) is 5.11 Å². The molecule has 2 rings (SSSR count). The molecule has 2 N–H and O–H groups in total. The van der Waals surface area contributed by atoms with Crippen LogP contribution in [0.2, 0.25) is 0 Å². The van der Waals surface area contributed by atoms with E-state index in [2.05, 4.69) is 5.32 Å². The summed E-state index contributed by atoms with van der Waals surface area (Å²) < 4.78 is 1.51. The van der Waals surface area contributed by atoms with E-state index < -0.39 is 12.0 Å². The molecule has 1 aromatic heterocycles. The number of hydrogen-bond acceptors (Lipinski definition) is 3. The van der Waals surface area contributed by atoms with E-state index >= 15 is 0 Å². The first kappa shape index (κ1) is 12.2. The lowest BCUT2D eigenvalue weighted by molar-refractivity contribution is -0.137. The number of rotatable bonds is 3. The highest BCUT2D eigenvalue weighted by molar-refractivity contribution is 6.00. The van der Waals surface area contributed by atoms with Crippen molar-refractivity contribution < 1.29 is 14.7 Å². The van der Waals surface area contributed by atoms with E-state index in [1.807, 2.05) is 24.3 Å². The minimum atomic E-state index is -0.936. The van der Waals surface area contributed by atoms with Crippen molar-refractivity contribution in [3.8, 4) is 0 Å². The molecule has 18 heavy (non-hydrogen) atoms. The van der Waals surface area contributed by atoms with Gasteiger partial charge in [0.2, 0.25) is 5.91 Å². The Morgan fingerprint density at radius 1 is 1.33 bits per heavy atom. The number of fused-ring (bicyclic) bond motifs is 1. The number of nitrogens with zero attached hydrogens (tertiary/aromatic N) is 1. The second-order valence-electron chi connectivity index (χ2n) is 4.15. The second-order valence-corrected chi connectivity index (χ2v) is 4.15. The van der Waals surface area contributed by atoms with Crippen molar-refractivity contribution >= 4 is 28.5 Å². The van der Waals surface area contributed by atoms with Gasteiger partial charge < -0.3 is 10.4 Å². The third kappa shape index (κ3) is 2.07. The third-order valence-electron chi connectivity index (χ3n) is 2.79. The number of carboxylic acid groups (broad SMARTS) is 1. The highest BCUT2D eigenvalue weighted by Gasteiger charge is 2.15.